The second-order valence-corrected chi connectivity index (χ2v) is 6.67. The van der Waals surface area contributed by atoms with Crippen molar-refractivity contribution in [2.75, 3.05) is 18.1 Å². The zero-order valence-electron chi connectivity index (χ0n) is 11.2. The number of nitrogens with zero attached hydrogens (tertiary/aromatic N) is 2. The predicted octanol–water partition coefficient (Wildman–Crippen LogP) is 2.14. The molecule has 21 heavy (non-hydrogen) atoms. The highest BCUT2D eigenvalue weighted by Crippen LogP contribution is 2.41. The highest BCUT2D eigenvalue weighted by molar-refractivity contribution is 7.84. The number of hydrogen-bond donors (Lipinski definition) is 0. The van der Waals surface area contributed by atoms with Crippen molar-refractivity contribution in [1.29, 1.82) is 0 Å². The number of fused-ring (bicyclic) bond motifs is 3. The number of para-hydroxylation sites is 2. The Hall–Kier alpha value is -2.05. The van der Waals surface area contributed by atoms with Gasteiger partial charge in [-0.05, 0) is 18.2 Å². The van der Waals surface area contributed by atoms with E-state index in [-0.39, 0.29) is 6.04 Å². The van der Waals surface area contributed by atoms with Crippen molar-refractivity contribution in [3.05, 3.63) is 60.2 Å². The minimum Gasteiger partial charge on any atom is -0.370 e. The van der Waals surface area contributed by atoms with Crippen molar-refractivity contribution >= 4 is 16.0 Å². The largest absolute Gasteiger partial charge is 0.387 e. The first-order chi connectivity index (χ1) is 10.1. The molecule has 0 N–H and O–H groups in total. The summed E-state index contributed by atoms with van der Waals surface area (Å²) in [6, 6.07) is 16.9. The van der Waals surface area contributed by atoms with Crippen LogP contribution in [0.5, 0.6) is 5.75 Å². The normalized spacial score (nSPS) is 23.2. The molecule has 0 radical (unpaired) electrons. The van der Waals surface area contributed by atoms with E-state index >= 15 is 0 Å². The third-order valence-corrected chi connectivity index (χ3v) is 5.27. The van der Waals surface area contributed by atoms with E-state index in [0.717, 1.165) is 11.3 Å². The van der Waals surface area contributed by atoms with E-state index in [0.29, 0.717) is 19.0 Å². The fourth-order valence-electron chi connectivity index (χ4n) is 2.92. The molecule has 4 rings (SSSR count). The topological polar surface area (TPSA) is 49.9 Å². The molecule has 2 aliphatic heterocycles. The van der Waals surface area contributed by atoms with Gasteiger partial charge in [-0.25, -0.2) is 0 Å². The first kappa shape index (κ1) is 12.7. The minimum absolute atomic E-state index is 0.194. The van der Waals surface area contributed by atoms with Crippen LogP contribution in [0.1, 0.15) is 11.6 Å². The molecule has 2 aliphatic rings. The number of anilines is 1. The molecule has 1 atom stereocenters. The van der Waals surface area contributed by atoms with Crippen LogP contribution < -0.4 is 9.08 Å². The van der Waals surface area contributed by atoms with Gasteiger partial charge >= 0.3 is 10.3 Å². The van der Waals surface area contributed by atoms with E-state index in [1.54, 1.807) is 12.1 Å². The van der Waals surface area contributed by atoms with Crippen LogP contribution in [-0.4, -0.2) is 25.9 Å². The summed E-state index contributed by atoms with van der Waals surface area (Å²) in [4.78, 5) is 2.05. The van der Waals surface area contributed by atoms with Gasteiger partial charge in [0.2, 0.25) is 0 Å². The highest BCUT2D eigenvalue weighted by Gasteiger charge is 2.45. The Morgan fingerprint density at radius 2 is 1.71 bits per heavy atom. The van der Waals surface area contributed by atoms with Crippen molar-refractivity contribution in [3.63, 3.8) is 0 Å². The molecule has 0 unspecified atom stereocenters. The van der Waals surface area contributed by atoms with Crippen molar-refractivity contribution in [3.8, 4) is 5.75 Å². The fraction of sp³-hybridized carbons (Fsp3) is 0.200. The van der Waals surface area contributed by atoms with E-state index in [2.05, 4.69) is 0 Å². The van der Waals surface area contributed by atoms with E-state index < -0.39 is 10.3 Å². The van der Waals surface area contributed by atoms with E-state index in [1.807, 2.05) is 47.4 Å². The van der Waals surface area contributed by atoms with E-state index in [1.165, 1.54) is 4.31 Å². The van der Waals surface area contributed by atoms with Gasteiger partial charge in [0.25, 0.3) is 0 Å². The molecule has 5 nitrogen and oxygen atoms in total. The van der Waals surface area contributed by atoms with Crippen molar-refractivity contribution in [2.45, 2.75) is 6.04 Å². The number of rotatable bonds is 1. The maximum absolute atomic E-state index is 12.3. The summed E-state index contributed by atoms with van der Waals surface area (Å²) >= 11 is 0. The monoisotopic (exact) mass is 302 g/mol. The molecule has 0 bridgehead atoms. The molecule has 2 aromatic rings. The van der Waals surface area contributed by atoms with Crippen LogP contribution in [0.15, 0.2) is 54.6 Å². The standard InChI is InChI=1S/C15H14N2O3S/c18-21(19)17-11-16(12-6-2-1-3-7-12)10-14(17)13-8-4-5-9-15(13)20-21/h1-9,14H,10-11H2/t14-/m0/s1. The zero-order valence-corrected chi connectivity index (χ0v) is 12.0. The molecule has 0 aromatic heterocycles. The predicted molar refractivity (Wildman–Crippen MR) is 79.2 cm³/mol. The summed E-state index contributed by atoms with van der Waals surface area (Å²) in [7, 11) is -3.72. The molecule has 6 heteroatoms. The third kappa shape index (κ3) is 1.99. The van der Waals surface area contributed by atoms with Gasteiger partial charge in [0.1, 0.15) is 5.75 Å². The van der Waals surface area contributed by atoms with Crippen LogP contribution in [0.2, 0.25) is 0 Å². The lowest BCUT2D eigenvalue weighted by Gasteiger charge is -2.28. The van der Waals surface area contributed by atoms with Crippen molar-refractivity contribution in [2.24, 2.45) is 0 Å². The summed E-state index contributed by atoms with van der Waals surface area (Å²) < 4.78 is 31.2. The van der Waals surface area contributed by atoms with Gasteiger partial charge in [-0.2, -0.15) is 8.42 Å². The summed E-state index contributed by atoms with van der Waals surface area (Å²) in [6.07, 6.45) is 0. The van der Waals surface area contributed by atoms with Crippen LogP contribution in [0.4, 0.5) is 5.69 Å². The van der Waals surface area contributed by atoms with Gasteiger partial charge in [0, 0.05) is 17.8 Å². The maximum atomic E-state index is 12.3. The molecule has 2 aromatic carbocycles. The van der Waals surface area contributed by atoms with Gasteiger partial charge in [0.05, 0.1) is 12.7 Å². The smallest absolute Gasteiger partial charge is 0.370 e. The second-order valence-electron chi connectivity index (χ2n) is 5.18. The van der Waals surface area contributed by atoms with Gasteiger partial charge in [0.15, 0.2) is 0 Å². The second kappa shape index (κ2) is 4.47. The lowest BCUT2D eigenvalue weighted by atomic mass is 10.1. The first-order valence-electron chi connectivity index (χ1n) is 6.75. The number of hydrogen-bond acceptors (Lipinski definition) is 4. The van der Waals surface area contributed by atoms with E-state index in [9.17, 15) is 8.42 Å². The first-order valence-corrected chi connectivity index (χ1v) is 8.12. The van der Waals surface area contributed by atoms with Gasteiger partial charge < -0.3 is 9.08 Å². The van der Waals surface area contributed by atoms with Crippen LogP contribution in [0.25, 0.3) is 0 Å². The van der Waals surface area contributed by atoms with Crippen LogP contribution in [0, 0.1) is 0 Å². The zero-order chi connectivity index (χ0) is 14.4. The minimum atomic E-state index is -3.72. The summed E-state index contributed by atoms with van der Waals surface area (Å²) in [5, 5.41) is 0. The highest BCUT2D eigenvalue weighted by atomic mass is 32.2. The van der Waals surface area contributed by atoms with Crippen LogP contribution in [-0.2, 0) is 10.3 Å². The van der Waals surface area contributed by atoms with Gasteiger partial charge in [-0.1, -0.05) is 36.4 Å². The fourth-order valence-corrected chi connectivity index (χ4v) is 4.17. The van der Waals surface area contributed by atoms with Gasteiger partial charge in [-0.15, -0.1) is 4.31 Å². The lowest BCUT2D eigenvalue weighted by molar-refractivity contribution is 0.322. The maximum Gasteiger partial charge on any atom is 0.387 e. The molecule has 0 saturated carbocycles. The molecule has 0 amide bonds. The Morgan fingerprint density at radius 1 is 1.00 bits per heavy atom. The number of benzene rings is 2. The summed E-state index contributed by atoms with van der Waals surface area (Å²) in [5.74, 6) is 0.439. The van der Waals surface area contributed by atoms with E-state index in [4.69, 9.17) is 4.18 Å². The average Bonchev–Trinajstić information content (AvgIpc) is 2.94. The summed E-state index contributed by atoms with van der Waals surface area (Å²) in [6.45, 7) is 0.939. The molecule has 1 fully saturated rings. The Morgan fingerprint density at radius 3 is 2.52 bits per heavy atom. The van der Waals surface area contributed by atoms with Crippen molar-refractivity contribution in [1.82, 2.24) is 4.31 Å². The molecule has 2 heterocycles. The summed E-state index contributed by atoms with van der Waals surface area (Å²) in [5.41, 5.74) is 1.94. The molecular formula is C15H14N2O3S. The lowest BCUT2D eigenvalue weighted by Crippen LogP contribution is -2.39. The average molecular weight is 302 g/mol. The van der Waals surface area contributed by atoms with Crippen molar-refractivity contribution < 1.29 is 12.6 Å². The molecule has 108 valence electrons. The van der Waals surface area contributed by atoms with Crippen LogP contribution in [0.3, 0.4) is 0 Å². The Balaban J connectivity index is 1.76. The quantitative estimate of drug-likeness (QED) is 0.810. The Kier molecular flexibility index (Phi) is 2.70. The Labute approximate surface area is 123 Å². The van der Waals surface area contributed by atoms with Gasteiger partial charge in [-0.3, -0.25) is 0 Å². The third-order valence-electron chi connectivity index (χ3n) is 3.93. The molecular weight excluding hydrogens is 288 g/mol. The Bertz CT molecular complexity index is 777. The molecule has 0 aliphatic carbocycles. The van der Waals surface area contributed by atoms with Crippen LogP contribution >= 0.6 is 0 Å². The molecule has 1 saturated heterocycles. The SMILES string of the molecule is O=S1(=O)Oc2ccccc2[C@@H]2CN(c3ccccc3)CN21. The molecule has 0 spiro atoms.